The maximum Gasteiger partial charge on any atom is 0.222 e. The number of benzene rings is 1. The number of carbonyl (C=O) groups is 2. The second-order valence-electron chi connectivity index (χ2n) is 6.55. The Morgan fingerprint density at radius 1 is 1.19 bits per heavy atom. The molecular formula is C20H23N3O3. The van der Waals surface area contributed by atoms with Crippen LogP contribution < -0.4 is 10.1 Å². The van der Waals surface area contributed by atoms with Crippen LogP contribution >= 0.6 is 0 Å². The fraction of sp³-hybridized carbons (Fsp3) is 0.350. The number of para-hydroxylation sites is 1. The van der Waals surface area contributed by atoms with Gasteiger partial charge in [0.15, 0.2) is 0 Å². The van der Waals surface area contributed by atoms with E-state index in [4.69, 9.17) is 4.74 Å². The summed E-state index contributed by atoms with van der Waals surface area (Å²) in [5.74, 6) is 0.655. The molecule has 2 aromatic rings. The Bertz CT molecular complexity index is 790. The van der Waals surface area contributed by atoms with Crippen molar-refractivity contribution in [3.05, 3.63) is 48.2 Å². The summed E-state index contributed by atoms with van der Waals surface area (Å²) in [4.78, 5) is 29.4. The molecule has 6 heteroatoms. The average molecular weight is 353 g/mol. The lowest BCUT2D eigenvalue weighted by molar-refractivity contribution is -0.131. The summed E-state index contributed by atoms with van der Waals surface area (Å²) in [6.07, 6.45) is 2.80. The third kappa shape index (κ3) is 4.20. The summed E-state index contributed by atoms with van der Waals surface area (Å²) >= 11 is 0. The van der Waals surface area contributed by atoms with Gasteiger partial charge in [0.25, 0.3) is 0 Å². The molecule has 26 heavy (non-hydrogen) atoms. The highest BCUT2D eigenvalue weighted by Crippen LogP contribution is 2.37. The summed E-state index contributed by atoms with van der Waals surface area (Å²) < 4.78 is 6.08. The van der Waals surface area contributed by atoms with Crippen molar-refractivity contribution in [3.8, 4) is 17.0 Å². The molecule has 1 aromatic heterocycles. The average Bonchev–Trinajstić information content (AvgIpc) is 3.08. The van der Waals surface area contributed by atoms with E-state index >= 15 is 0 Å². The molecule has 1 aliphatic heterocycles. The smallest absolute Gasteiger partial charge is 0.222 e. The van der Waals surface area contributed by atoms with Crippen LogP contribution in [0.1, 0.15) is 18.4 Å². The van der Waals surface area contributed by atoms with Crippen molar-refractivity contribution < 1.29 is 14.3 Å². The normalized spacial score (nSPS) is 15.1. The first-order valence-electron chi connectivity index (χ1n) is 8.71. The van der Waals surface area contributed by atoms with Crippen LogP contribution in [0.2, 0.25) is 0 Å². The fourth-order valence-electron chi connectivity index (χ4n) is 2.94. The lowest BCUT2D eigenvalue weighted by Crippen LogP contribution is -2.35. The van der Waals surface area contributed by atoms with Crippen molar-refractivity contribution in [1.29, 1.82) is 0 Å². The van der Waals surface area contributed by atoms with Gasteiger partial charge in [0, 0.05) is 45.1 Å². The van der Waals surface area contributed by atoms with E-state index in [1.807, 2.05) is 36.4 Å². The Kier molecular flexibility index (Phi) is 5.51. The molecule has 0 saturated carbocycles. The Balaban J connectivity index is 1.56. The van der Waals surface area contributed by atoms with E-state index < -0.39 is 0 Å². The number of ether oxygens (including phenoxy) is 1. The van der Waals surface area contributed by atoms with E-state index in [1.54, 1.807) is 20.3 Å². The number of nitrogens with one attached hydrogen (secondary N) is 1. The van der Waals surface area contributed by atoms with Gasteiger partial charge in [0.2, 0.25) is 11.8 Å². The lowest BCUT2D eigenvalue weighted by Gasteiger charge is -2.14. The van der Waals surface area contributed by atoms with Crippen LogP contribution in [0.25, 0.3) is 11.3 Å². The zero-order chi connectivity index (χ0) is 18.5. The predicted octanol–water partition coefficient (Wildman–Crippen LogP) is 2.04. The summed E-state index contributed by atoms with van der Waals surface area (Å²) in [5, 5.41) is 2.86. The highest BCUT2D eigenvalue weighted by molar-refractivity contribution is 5.83. The number of amides is 2. The van der Waals surface area contributed by atoms with E-state index in [-0.39, 0.29) is 30.8 Å². The van der Waals surface area contributed by atoms with Crippen molar-refractivity contribution in [1.82, 2.24) is 15.2 Å². The highest BCUT2D eigenvalue weighted by atomic mass is 16.5. The standard InChI is InChI=1S/C20H23N3O3/c1-23(2)19(25)10-9-18(24)22-13-15-12-14-6-5-7-16(20(14)26-15)17-8-3-4-11-21-17/h3-8,11,15H,9-10,12-13H2,1-2H3,(H,22,24)/t15-/m1/s1. The molecule has 0 aliphatic carbocycles. The molecule has 3 rings (SSSR count). The Morgan fingerprint density at radius 3 is 2.77 bits per heavy atom. The first kappa shape index (κ1) is 17.9. The fourth-order valence-corrected chi connectivity index (χ4v) is 2.94. The van der Waals surface area contributed by atoms with Crippen molar-refractivity contribution >= 4 is 11.8 Å². The zero-order valence-corrected chi connectivity index (χ0v) is 15.1. The molecule has 2 amide bonds. The topological polar surface area (TPSA) is 71.5 Å². The molecule has 6 nitrogen and oxygen atoms in total. The quantitative estimate of drug-likeness (QED) is 0.863. The predicted molar refractivity (Wildman–Crippen MR) is 98.7 cm³/mol. The molecule has 0 spiro atoms. The SMILES string of the molecule is CN(C)C(=O)CCC(=O)NC[C@H]1Cc2cccc(-c3ccccn3)c2O1. The minimum absolute atomic E-state index is 0.0512. The number of nitrogens with zero attached hydrogens (tertiary/aromatic N) is 2. The first-order chi connectivity index (χ1) is 12.5. The lowest BCUT2D eigenvalue weighted by atomic mass is 10.0. The Morgan fingerprint density at radius 2 is 2.04 bits per heavy atom. The van der Waals surface area contributed by atoms with Crippen LogP contribution in [0, 0.1) is 0 Å². The summed E-state index contributed by atoms with van der Waals surface area (Å²) in [6, 6.07) is 11.8. The molecule has 0 fully saturated rings. The number of fused-ring (bicyclic) bond motifs is 1. The molecule has 0 radical (unpaired) electrons. The largest absolute Gasteiger partial charge is 0.487 e. The van der Waals surface area contributed by atoms with Gasteiger partial charge in [0.1, 0.15) is 11.9 Å². The second-order valence-corrected chi connectivity index (χ2v) is 6.55. The third-order valence-corrected chi connectivity index (χ3v) is 4.36. The maximum atomic E-state index is 11.9. The van der Waals surface area contributed by atoms with E-state index in [0.29, 0.717) is 6.54 Å². The number of hydrogen-bond acceptors (Lipinski definition) is 4. The zero-order valence-electron chi connectivity index (χ0n) is 15.1. The molecule has 0 saturated heterocycles. The minimum Gasteiger partial charge on any atom is -0.487 e. The van der Waals surface area contributed by atoms with Crippen LogP contribution in [0.5, 0.6) is 5.75 Å². The summed E-state index contributed by atoms with van der Waals surface area (Å²) in [5.41, 5.74) is 2.96. The van der Waals surface area contributed by atoms with E-state index in [2.05, 4.69) is 10.3 Å². The van der Waals surface area contributed by atoms with Crippen LogP contribution in [-0.4, -0.2) is 48.4 Å². The first-order valence-corrected chi connectivity index (χ1v) is 8.71. The third-order valence-electron chi connectivity index (χ3n) is 4.36. The van der Waals surface area contributed by atoms with Gasteiger partial charge in [-0.05, 0) is 23.8 Å². The molecule has 1 aliphatic rings. The molecule has 2 heterocycles. The van der Waals surface area contributed by atoms with Crippen LogP contribution in [0.4, 0.5) is 0 Å². The van der Waals surface area contributed by atoms with Gasteiger partial charge >= 0.3 is 0 Å². The van der Waals surface area contributed by atoms with Crippen LogP contribution in [-0.2, 0) is 16.0 Å². The highest BCUT2D eigenvalue weighted by Gasteiger charge is 2.26. The van der Waals surface area contributed by atoms with Gasteiger partial charge in [-0.2, -0.15) is 0 Å². The molecular weight excluding hydrogens is 330 g/mol. The Hall–Kier alpha value is -2.89. The van der Waals surface area contributed by atoms with Gasteiger partial charge in [-0.1, -0.05) is 18.2 Å². The van der Waals surface area contributed by atoms with Gasteiger partial charge < -0.3 is 15.0 Å². The maximum absolute atomic E-state index is 11.9. The molecule has 0 bridgehead atoms. The number of pyridine rings is 1. The molecule has 1 aromatic carbocycles. The van der Waals surface area contributed by atoms with E-state index in [0.717, 1.165) is 29.0 Å². The molecule has 136 valence electrons. The minimum atomic E-state index is -0.135. The van der Waals surface area contributed by atoms with Gasteiger partial charge in [-0.3, -0.25) is 14.6 Å². The number of hydrogen-bond donors (Lipinski definition) is 1. The molecule has 0 unspecified atom stereocenters. The van der Waals surface area contributed by atoms with Gasteiger partial charge in [-0.15, -0.1) is 0 Å². The molecule has 1 atom stereocenters. The Labute approximate surface area is 153 Å². The number of carbonyl (C=O) groups excluding carboxylic acids is 2. The van der Waals surface area contributed by atoms with Crippen molar-refractivity contribution in [2.75, 3.05) is 20.6 Å². The van der Waals surface area contributed by atoms with Crippen molar-refractivity contribution in [2.45, 2.75) is 25.4 Å². The second kappa shape index (κ2) is 7.99. The number of rotatable bonds is 6. The van der Waals surface area contributed by atoms with E-state index in [9.17, 15) is 9.59 Å². The van der Waals surface area contributed by atoms with Crippen LogP contribution in [0.15, 0.2) is 42.6 Å². The van der Waals surface area contributed by atoms with Crippen molar-refractivity contribution in [3.63, 3.8) is 0 Å². The van der Waals surface area contributed by atoms with Gasteiger partial charge in [0.05, 0.1) is 12.2 Å². The summed E-state index contributed by atoms with van der Waals surface area (Å²) in [7, 11) is 3.37. The van der Waals surface area contributed by atoms with E-state index in [1.165, 1.54) is 4.90 Å². The molecule has 1 N–H and O–H groups in total. The van der Waals surface area contributed by atoms with Crippen LogP contribution in [0.3, 0.4) is 0 Å². The van der Waals surface area contributed by atoms with Gasteiger partial charge in [-0.25, -0.2) is 0 Å². The van der Waals surface area contributed by atoms with Crippen molar-refractivity contribution in [2.24, 2.45) is 0 Å². The number of aromatic nitrogens is 1. The monoisotopic (exact) mass is 353 g/mol. The summed E-state index contributed by atoms with van der Waals surface area (Å²) in [6.45, 7) is 0.422.